The number of carbonyl (C=O) groups is 2. The Labute approximate surface area is 204 Å². The highest BCUT2D eigenvalue weighted by atomic mass is 16.6. The number of ether oxygens (including phenoxy) is 2. The third-order valence-electron chi connectivity index (χ3n) is 6.84. The van der Waals surface area contributed by atoms with Gasteiger partial charge in [-0.2, -0.15) is 5.26 Å². The molecule has 1 heterocycles. The number of methoxy groups -OCH3 is 1. The fourth-order valence-corrected chi connectivity index (χ4v) is 4.95. The Morgan fingerprint density at radius 2 is 1.91 bits per heavy atom. The largest absolute Gasteiger partial charge is 0.463 e. The number of nitriles is 1. The lowest BCUT2D eigenvalue weighted by atomic mass is 9.84. The number of anilines is 1. The van der Waals surface area contributed by atoms with Gasteiger partial charge in [0.15, 0.2) is 0 Å². The average Bonchev–Trinajstić information content (AvgIpc) is 3.50. The van der Waals surface area contributed by atoms with Gasteiger partial charge in [-0.25, -0.2) is 9.78 Å². The summed E-state index contributed by atoms with van der Waals surface area (Å²) in [5.41, 5.74) is 2.18. The van der Waals surface area contributed by atoms with Crippen LogP contribution in [0, 0.1) is 17.2 Å². The minimum Gasteiger partial charge on any atom is -0.463 e. The predicted molar refractivity (Wildman–Crippen MR) is 132 cm³/mol. The van der Waals surface area contributed by atoms with E-state index >= 15 is 0 Å². The van der Waals surface area contributed by atoms with E-state index in [1.165, 1.54) is 7.11 Å². The molecule has 1 atom stereocenters. The molecule has 2 aromatic carbocycles. The maximum absolute atomic E-state index is 13.5. The maximum atomic E-state index is 13.5. The van der Waals surface area contributed by atoms with E-state index in [0.29, 0.717) is 17.7 Å². The van der Waals surface area contributed by atoms with Crippen molar-refractivity contribution in [2.24, 2.45) is 13.0 Å². The second-order valence-electron chi connectivity index (χ2n) is 8.87. The van der Waals surface area contributed by atoms with Gasteiger partial charge in [0.2, 0.25) is 5.60 Å². The van der Waals surface area contributed by atoms with Crippen molar-refractivity contribution in [3.8, 4) is 6.07 Å². The summed E-state index contributed by atoms with van der Waals surface area (Å²) in [6, 6.07) is 15.1. The number of hydrogen-bond acceptors (Lipinski definition) is 6. The van der Waals surface area contributed by atoms with Gasteiger partial charge in [0.05, 0.1) is 29.3 Å². The normalized spacial score (nSPS) is 15.5. The summed E-state index contributed by atoms with van der Waals surface area (Å²) in [7, 11) is 3.34. The van der Waals surface area contributed by atoms with E-state index < -0.39 is 17.5 Å². The van der Waals surface area contributed by atoms with Crippen LogP contribution in [-0.4, -0.2) is 40.7 Å². The summed E-state index contributed by atoms with van der Waals surface area (Å²) >= 11 is 0. The van der Waals surface area contributed by atoms with E-state index in [9.17, 15) is 9.59 Å². The fourth-order valence-electron chi connectivity index (χ4n) is 4.95. The first kappa shape index (κ1) is 24.4. The molecule has 35 heavy (non-hydrogen) atoms. The lowest BCUT2D eigenvalue weighted by Crippen LogP contribution is -2.57. The molecule has 3 aromatic rings. The van der Waals surface area contributed by atoms with Gasteiger partial charge in [0, 0.05) is 32.2 Å². The van der Waals surface area contributed by atoms with Crippen LogP contribution in [0.1, 0.15) is 49.6 Å². The Kier molecular flexibility index (Phi) is 7.17. The van der Waals surface area contributed by atoms with Crippen LogP contribution in [0.25, 0.3) is 11.0 Å². The summed E-state index contributed by atoms with van der Waals surface area (Å²) in [6.07, 6.45) is 3.97. The molecule has 0 bridgehead atoms. The molecule has 0 radical (unpaired) electrons. The molecular formula is C27H30N4O4. The Bertz CT molecular complexity index is 1270. The van der Waals surface area contributed by atoms with Gasteiger partial charge in [-0.3, -0.25) is 4.79 Å². The number of imidazole rings is 1. The fraction of sp³-hybridized carbons (Fsp3) is 0.407. The van der Waals surface area contributed by atoms with Crippen LogP contribution in [0.2, 0.25) is 0 Å². The van der Waals surface area contributed by atoms with Crippen LogP contribution in [0.15, 0.2) is 42.5 Å². The number of nitrogens with one attached hydrogen (secondary N) is 1. The topological polar surface area (TPSA) is 106 Å². The predicted octanol–water partition coefficient (Wildman–Crippen LogP) is 4.11. The Hall–Kier alpha value is -3.70. The maximum Gasteiger partial charge on any atom is 0.348 e. The van der Waals surface area contributed by atoms with E-state index in [0.717, 1.165) is 48.1 Å². The summed E-state index contributed by atoms with van der Waals surface area (Å²) in [6.45, 7) is 1.89. The summed E-state index contributed by atoms with van der Waals surface area (Å²) in [5, 5.41) is 11.9. The van der Waals surface area contributed by atoms with Gasteiger partial charge in [-0.15, -0.1) is 0 Å². The van der Waals surface area contributed by atoms with Crippen LogP contribution in [0.3, 0.4) is 0 Å². The monoisotopic (exact) mass is 474 g/mol. The average molecular weight is 475 g/mol. The van der Waals surface area contributed by atoms with Crippen LogP contribution < -0.4 is 5.32 Å². The number of aryl methyl sites for hydroxylation is 1. The molecular weight excluding hydrogens is 444 g/mol. The first-order chi connectivity index (χ1) is 16.9. The zero-order valence-electron chi connectivity index (χ0n) is 20.3. The van der Waals surface area contributed by atoms with Gasteiger partial charge in [-0.05, 0) is 55.7 Å². The molecule has 1 aliphatic rings. The second kappa shape index (κ2) is 10.3. The van der Waals surface area contributed by atoms with Crippen molar-refractivity contribution in [1.82, 2.24) is 9.55 Å². The Morgan fingerprint density at radius 3 is 2.54 bits per heavy atom. The van der Waals surface area contributed by atoms with E-state index in [1.54, 1.807) is 31.2 Å². The highest BCUT2D eigenvalue weighted by Crippen LogP contribution is 2.38. The van der Waals surface area contributed by atoms with Gasteiger partial charge < -0.3 is 19.4 Å². The number of carbonyl (C=O) groups excluding carboxylic acids is 2. The van der Waals surface area contributed by atoms with Gasteiger partial charge in [0.1, 0.15) is 5.82 Å². The molecule has 1 fully saturated rings. The van der Waals surface area contributed by atoms with Crippen molar-refractivity contribution in [3.05, 3.63) is 59.4 Å². The molecule has 1 aromatic heterocycles. The van der Waals surface area contributed by atoms with Crippen molar-refractivity contribution in [2.75, 3.05) is 19.0 Å². The standard InChI is InChI=1S/C27H30N4O4/c1-4-35-26(33)27(34-3,20-7-5-6-8-20)25(32)29-21-13-14-23-22(16-21)30-24(31(23)2)15-18-9-11-19(17-28)12-10-18/h9-14,16,20H,4-8,15H2,1-3H3,(H,29,32). The summed E-state index contributed by atoms with van der Waals surface area (Å²) in [5.74, 6) is -0.532. The first-order valence-corrected chi connectivity index (χ1v) is 11.9. The van der Waals surface area contributed by atoms with Crippen LogP contribution >= 0.6 is 0 Å². The lowest BCUT2D eigenvalue weighted by molar-refractivity contribution is -0.179. The molecule has 8 heteroatoms. The smallest absolute Gasteiger partial charge is 0.348 e. The lowest BCUT2D eigenvalue weighted by Gasteiger charge is -2.33. The van der Waals surface area contributed by atoms with Gasteiger partial charge in [-0.1, -0.05) is 25.0 Å². The zero-order chi connectivity index (χ0) is 25.0. The molecule has 182 valence electrons. The molecule has 0 spiro atoms. The van der Waals surface area contributed by atoms with Crippen LogP contribution in [0.4, 0.5) is 5.69 Å². The van der Waals surface area contributed by atoms with Crippen LogP contribution in [-0.2, 0) is 32.5 Å². The van der Waals surface area contributed by atoms with Crippen LogP contribution in [0.5, 0.6) is 0 Å². The van der Waals surface area contributed by atoms with Crippen molar-refractivity contribution in [3.63, 3.8) is 0 Å². The molecule has 1 unspecified atom stereocenters. The Balaban J connectivity index is 1.60. The quantitative estimate of drug-likeness (QED) is 0.389. The first-order valence-electron chi connectivity index (χ1n) is 11.9. The van der Waals surface area contributed by atoms with Gasteiger partial charge in [0.25, 0.3) is 5.91 Å². The summed E-state index contributed by atoms with van der Waals surface area (Å²) in [4.78, 5) is 31.2. The van der Waals surface area contributed by atoms with Crippen molar-refractivity contribution < 1.29 is 19.1 Å². The number of hydrogen-bond donors (Lipinski definition) is 1. The Morgan fingerprint density at radius 1 is 1.20 bits per heavy atom. The molecule has 0 saturated heterocycles. The number of fused-ring (bicyclic) bond motifs is 1. The third-order valence-corrected chi connectivity index (χ3v) is 6.84. The number of aromatic nitrogens is 2. The van der Waals surface area contributed by atoms with Crippen molar-refractivity contribution >= 4 is 28.6 Å². The molecule has 1 amide bonds. The number of benzene rings is 2. The SMILES string of the molecule is CCOC(=O)C(OC)(C(=O)Nc1ccc2c(c1)nc(Cc1ccc(C#N)cc1)n2C)C1CCCC1. The molecule has 1 aliphatic carbocycles. The molecule has 1 N–H and O–H groups in total. The zero-order valence-corrected chi connectivity index (χ0v) is 20.3. The second-order valence-corrected chi connectivity index (χ2v) is 8.87. The molecule has 0 aliphatic heterocycles. The van der Waals surface area contributed by atoms with E-state index in [1.807, 2.05) is 29.8 Å². The third kappa shape index (κ3) is 4.64. The molecule has 4 rings (SSSR count). The minimum absolute atomic E-state index is 0.172. The van der Waals surface area contributed by atoms with Crippen molar-refractivity contribution in [2.45, 2.75) is 44.6 Å². The number of rotatable bonds is 8. The summed E-state index contributed by atoms with van der Waals surface area (Å²) < 4.78 is 12.9. The van der Waals surface area contributed by atoms with E-state index in [4.69, 9.17) is 19.7 Å². The number of amides is 1. The number of nitrogens with zero attached hydrogens (tertiary/aromatic N) is 3. The molecule has 1 saturated carbocycles. The van der Waals surface area contributed by atoms with E-state index in [2.05, 4.69) is 11.4 Å². The van der Waals surface area contributed by atoms with E-state index in [-0.39, 0.29) is 12.5 Å². The van der Waals surface area contributed by atoms with Crippen molar-refractivity contribution in [1.29, 1.82) is 5.26 Å². The molecule has 8 nitrogen and oxygen atoms in total. The number of esters is 1. The highest BCUT2D eigenvalue weighted by molar-refractivity contribution is 6.12. The minimum atomic E-state index is -1.67. The highest BCUT2D eigenvalue weighted by Gasteiger charge is 2.54. The van der Waals surface area contributed by atoms with Gasteiger partial charge >= 0.3 is 5.97 Å².